The number of terminal acetylenes is 1. The van der Waals surface area contributed by atoms with Crippen LogP contribution in [-0.4, -0.2) is 35.3 Å². The van der Waals surface area contributed by atoms with Crippen molar-refractivity contribution >= 4 is 23.6 Å². The summed E-state index contributed by atoms with van der Waals surface area (Å²) in [6, 6.07) is 9.48. The molecule has 5 nitrogen and oxygen atoms in total. The van der Waals surface area contributed by atoms with Crippen molar-refractivity contribution in [2.75, 3.05) is 13.2 Å². The van der Waals surface area contributed by atoms with Crippen molar-refractivity contribution < 1.29 is 14.3 Å². The second-order valence-electron chi connectivity index (χ2n) is 4.81. The van der Waals surface area contributed by atoms with Gasteiger partial charge in [0.05, 0.1) is 6.61 Å². The fraction of sp³-hybridized carbons (Fsp3) is 0.294. The number of nitrogens with zero attached hydrogens (tertiary/aromatic N) is 1. The molecule has 6 heteroatoms. The zero-order valence-electron chi connectivity index (χ0n) is 12.8. The van der Waals surface area contributed by atoms with Crippen LogP contribution in [0.2, 0.25) is 0 Å². The van der Waals surface area contributed by atoms with E-state index >= 15 is 0 Å². The monoisotopic (exact) mass is 330 g/mol. The maximum atomic E-state index is 12.7. The molecule has 0 saturated carbocycles. The standard InChI is InChI=1S/C17H18N2O3S/c1-3-15-18-14(12-23-15)17(21)19(11-16(20)22-4-2)10-13-8-6-5-7-9-13/h1,5-9,12,15,18H,4,10-11H2,2H3. The van der Waals surface area contributed by atoms with Crippen molar-refractivity contribution in [1.82, 2.24) is 10.2 Å². The van der Waals surface area contributed by atoms with Gasteiger partial charge in [-0.05, 0) is 12.5 Å². The number of benzene rings is 1. The minimum atomic E-state index is -0.434. The summed E-state index contributed by atoms with van der Waals surface area (Å²) in [6.07, 6.45) is 5.35. The Hall–Kier alpha value is -2.39. The van der Waals surface area contributed by atoms with E-state index in [0.29, 0.717) is 12.2 Å². The first-order valence-corrected chi connectivity index (χ1v) is 8.15. The van der Waals surface area contributed by atoms with Crippen molar-refractivity contribution in [3.63, 3.8) is 0 Å². The fourth-order valence-electron chi connectivity index (χ4n) is 2.07. The fourth-order valence-corrected chi connectivity index (χ4v) is 2.79. The number of hydrogen-bond acceptors (Lipinski definition) is 5. The van der Waals surface area contributed by atoms with Gasteiger partial charge in [0, 0.05) is 12.0 Å². The Labute approximate surface area is 140 Å². The molecule has 0 fully saturated rings. The maximum Gasteiger partial charge on any atom is 0.325 e. The van der Waals surface area contributed by atoms with Crippen molar-refractivity contribution in [2.24, 2.45) is 0 Å². The van der Waals surface area contributed by atoms with Crippen LogP contribution in [0.4, 0.5) is 0 Å². The Morgan fingerprint density at radius 1 is 1.39 bits per heavy atom. The number of thioether (sulfide) groups is 1. The van der Waals surface area contributed by atoms with Crippen molar-refractivity contribution in [1.29, 1.82) is 0 Å². The number of carbonyl (C=O) groups excluding carboxylic acids is 2. The Morgan fingerprint density at radius 2 is 2.13 bits per heavy atom. The number of carbonyl (C=O) groups is 2. The SMILES string of the molecule is C#CC1NC(C(=O)N(CC(=O)OCC)Cc2ccccc2)=CS1. The van der Waals surface area contributed by atoms with E-state index in [1.807, 2.05) is 30.3 Å². The Bertz CT molecular complexity index is 637. The van der Waals surface area contributed by atoms with E-state index in [-0.39, 0.29) is 24.4 Å². The normalized spacial score (nSPS) is 16.0. The summed E-state index contributed by atoms with van der Waals surface area (Å²) < 4.78 is 4.95. The van der Waals surface area contributed by atoms with E-state index < -0.39 is 5.97 Å². The predicted molar refractivity (Wildman–Crippen MR) is 89.9 cm³/mol. The summed E-state index contributed by atoms with van der Waals surface area (Å²) in [7, 11) is 0. The zero-order chi connectivity index (χ0) is 16.7. The topological polar surface area (TPSA) is 58.6 Å². The third-order valence-electron chi connectivity index (χ3n) is 3.12. The first-order chi connectivity index (χ1) is 11.1. The molecule has 23 heavy (non-hydrogen) atoms. The molecule has 0 aliphatic carbocycles. The lowest BCUT2D eigenvalue weighted by atomic mass is 10.2. The van der Waals surface area contributed by atoms with Gasteiger partial charge in [0.1, 0.15) is 17.6 Å². The molecular formula is C17H18N2O3S. The first-order valence-electron chi connectivity index (χ1n) is 7.21. The average molecular weight is 330 g/mol. The molecule has 0 bridgehead atoms. The van der Waals surface area contributed by atoms with Gasteiger partial charge in [0.15, 0.2) is 0 Å². The van der Waals surface area contributed by atoms with Gasteiger partial charge in [-0.3, -0.25) is 9.59 Å². The molecule has 1 N–H and O–H groups in total. The van der Waals surface area contributed by atoms with Gasteiger partial charge in [-0.15, -0.1) is 6.42 Å². The lowest BCUT2D eigenvalue weighted by Crippen LogP contribution is -2.40. The Balaban J connectivity index is 2.11. The molecule has 1 aliphatic rings. The summed E-state index contributed by atoms with van der Waals surface area (Å²) in [5.74, 6) is 1.83. The second kappa shape index (κ2) is 8.30. The smallest absolute Gasteiger partial charge is 0.325 e. The third-order valence-corrected chi connectivity index (χ3v) is 4.02. The van der Waals surface area contributed by atoms with Crippen LogP contribution in [0.5, 0.6) is 0 Å². The first kappa shape index (κ1) is 17.0. The molecule has 1 aromatic rings. The molecule has 1 amide bonds. The Kier molecular flexibility index (Phi) is 6.12. The highest BCUT2D eigenvalue weighted by Gasteiger charge is 2.26. The summed E-state index contributed by atoms with van der Waals surface area (Å²) in [5, 5.41) is 4.39. The van der Waals surface area contributed by atoms with Crippen molar-refractivity contribution in [3.05, 3.63) is 47.0 Å². The molecule has 1 aliphatic heterocycles. The van der Waals surface area contributed by atoms with Crippen LogP contribution in [0.15, 0.2) is 41.4 Å². The molecule has 0 spiro atoms. The zero-order valence-corrected chi connectivity index (χ0v) is 13.6. The van der Waals surface area contributed by atoms with Gasteiger partial charge in [-0.2, -0.15) is 0 Å². The van der Waals surface area contributed by atoms with E-state index in [1.165, 1.54) is 16.7 Å². The van der Waals surface area contributed by atoms with Gasteiger partial charge in [0.2, 0.25) is 0 Å². The summed E-state index contributed by atoms with van der Waals surface area (Å²) >= 11 is 1.36. The quantitative estimate of drug-likeness (QED) is 0.636. The van der Waals surface area contributed by atoms with Crippen LogP contribution in [0.1, 0.15) is 12.5 Å². The van der Waals surface area contributed by atoms with E-state index in [1.54, 1.807) is 12.3 Å². The van der Waals surface area contributed by atoms with E-state index in [9.17, 15) is 9.59 Å². The van der Waals surface area contributed by atoms with Crippen LogP contribution < -0.4 is 5.32 Å². The van der Waals surface area contributed by atoms with Gasteiger partial charge in [-0.25, -0.2) is 0 Å². The van der Waals surface area contributed by atoms with Gasteiger partial charge in [-0.1, -0.05) is 48.0 Å². The van der Waals surface area contributed by atoms with Gasteiger partial charge >= 0.3 is 5.97 Å². The Morgan fingerprint density at radius 3 is 2.74 bits per heavy atom. The number of ether oxygens (including phenoxy) is 1. The number of esters is 1. The van der Waals surface area contributed by atoms with Crippen LogP contribution in [0.25, 0.3) is 0 Å². The van der Waals surface area contributed by atoms with Crippen LogP contribution in [-0.2, 0) is 20.9 Å². The maximum absolute atomic E-state index is 12.7. The van der Waals surface area contributed by atoms with Crippen molar-refractivity contribution in [3.8, 4) is 12.3 Å². The summed E-state index contributed by atoms with van der Waals surface area (Å²) in [6.45, 7) is 2.23. The van der Waals surface area contributed by atoms with Crippen LogP contribution in [0, 0.1) is 12.3 Å². The van der Waals surface area contributed by atoms with Crippen LogP contribution >= 0.6 is 11.8 Å². The van der Waals surface area contributed by atoms with Crippen molar-refractivity contribution in [2.45, 2.75) is 18.8 Å². The van der Waals surface area contributed by atoms with Gasteiger partial charge in [0.25, 0.3) is 5.91 Å². The largest absolute Gasteiger partial charge is 0.465 e. The molecule has 0 aromatic heterocycles. The predicted octanol–water partition coefficient (Wildman–Crippen LogP) is 1.72. The minimum Gasteiger partial charge on any atom is -0.465 e. The molecule has 1 atom stereocenters. The van der Waals surface area contributed by atoms with E-state index in [0.717, 1.165) is 5.56 Å². The molecule has 120 valence electrons. The van der Waals surface area contributed by atoms with E-state index in [2.05, 4.69) is 11.2 Å². The molecule has 2 rings (SSSR count). The van der Waals surface area contributed by atoms with Crippen LogP contribution in [0.3, 0.4) is 0 Å². The second-order valence-corrected chi connectivity index (χ2v) is 5.79. The number of nitrogens with one attached hydrogen (secondary N) is 1. The van der Waals surface area contributed by atoms with Gasteiger partial charge < -0.3 is 15.0 Å². The average Bonchev–Trinajstić information content (AvgIpc) is 3.04. The van der Waals surface area contributed by atoms with E-state index in [4.69, 9.17) is 11.2 Å². The summed E-state index contributed by atoms with van der Waals surface area (Å²) in [4.78, 5) is 25.9. The molecule has 1 unspecified atom stereocenters. The number of rotatable bonds is 6. The molecule has 0 saturated heterocycles. The highest BCUT2D eigenvalue weighted by molar-refractivity contribution is 8.03. The molecule has 1 heterocycles. The molecule has 0 radical (unpaired) electrons. The highest BCUT2D eigenvalue weighted by atomic mass is 32.2. The molecule has 1 aromatic carbocycles. The number of amides is 1. The minimum absolute atomic E-state index is 0.105. The highest BCUT2D eigenvalue weighted by Crippen LogP contribution is 2.22. The number of hydrogen-bond donors (Lipinski definition) is 1. The summed E-state index contributed by atoms with van der Waals surface area (Å²) in [5.41, 5.74) is 1.34. The lowest BCUT2D eigenvalue weighted by molar-refractivity contribution is -0.148. The molecular weight excluding hydrogens is 312 g/mol. The third kappa shape index (κ3) is 4.80. The lowest BCUT2D eigenvalue weighted by Gasteiger charge is -2.22.